The molecule has 3 aliphatic rings. The molecule has 2 aromatic carbocycles. The molecule has 5 rings (SSSR count). The highest BCUT2D eigenvalue weighted by atomic mass is 19.1. The maximum Gasteiger partial charge on any atom is 0.262 e. The van der Waals surface area contributed by atoms with Gasteiger partial charge in [-0.2, -0.15) is 5.10 Å². The summed E-state index contributed by atoms with van der Waals surface area (Å²) < 4.78 is 20.6. The fraction of sp³-hybridized carbons (Fsp3) is 0.304. The van der Waals surface area contributed by atoms with Crippen molar-refractivity contribution in [2.24, 2.45) is 5.10 Å². The van der Waals surface area contributed by atoms with E-state index in [4.69, 9.17) is 4.74 Å². The van der Waals surface area contributed by atoms with Crippen molar-refractivity contribution in [3.8, 4) is 16.9 Å². The third kappa shape index (κ3) is 2.99. The van der Waals surface area contributed by atoms with Crippen LogP contribution in [0.15, 0.2) is 47.6 Å². The predicted octanol–water partition coefficient (Wildman–Crippen LogP) is 4.48. The van der Waals surface area contributed by atoms with Crippen molar-refractivity contribution in [1.29, 1.82) is 0 Å². The van der Waals surface area contributed by atoms with Crippen LogP contribution < -0.4 is 15.1 Å². The molecule has 0 saturated carbocycles. The van der Waals surface area contributed by atoms with E-state index in [9.17, 15) is 9.18 Å². The third-order valence-electron chi connectivity index (χ3n) is 5.86. The molecule has 2 heterocycles. The average molecular weight is 391 g/mol. The van der Waals surface area contributed by atoms with Gasteiger partial charge in [0.1, 0.15) is 24.2 Å². The first kappa shape index (κ1) is 17.9. The van der Waals surface area contributed by atoms with Gasteiger partial charge in [-0.25, -0.2) is 9.82 Å². The van der Waals surface area contributed by atoms with E-state index in [1.807, 2.05) is 30.0 Å². The first-order chi connectivity index (χ1) is 14.1. The van der Waals surface area contributed by atoms with E-state index in [-0.39, 0.29) is 18.3 Å². The van der Waals surface area contributed by atoms with E-state index >= 15 is 0 Å². The molecule has 0 radical (unpaired) electrons. The number of allylic oxidation sites excluding steroid dienone is 2. The molecule has 2 aliphatic heterocycles. The fourth-order valence-electron chi connectivity index (χ4n) is 4.32. The van der Waals surface area contributed by atoms with Gasteiger partial charge in [0.25, 0.3) is 5.91 Å². The Labute approximate surface area is 168 Å². The summed E-state index contributed by atoms with van der Waals surface area (Å²) >= 11 is 0. The number of rotatable bonds is 2. The molecular formula is C23H22FN3O2. The molecular weight excluding hydrogens is 369 g/mol. The minimum absolute atomic E-state index is 0.154. The normalized spacial score (nSPS) is 20.7. The average Bonchev–Trinajstić information content (AvgIpc) is 2.76. The standard InChI is InChI=1S/C23H22FN3O2/c1-14-23(28)26-25-22-13-29-21-12-18(16-9-5-6-10-19(16)24)17(11-20(21)27(14)22)15-7-3-2-4-8-15/h5-7,9-12,14H,2-4,8,13H2,1H3,(H,26,28)/t14-/m1/s1. The van der Waals surface area contributed by atoms with Gasteiger partial charge in [-0.15, -0.1) is 0 Å². The highest BCUT2D eigenvalue weighted by Crippen LogP contribution is 2.44. The Morgan fingerprint density at radius 2 is 2.03 bits per heavy atom. The number of fused-ring (bicyclic) bond motifs is 3. The first-order valence-corrected chi connectivity index (χ1v) is 10.0. The van der Waals surface area contributed by atoms with Gasteiger partial charge >= 0.3 is 0 Å². The van der Waals surface area contributed by atoms with E-state index < -0.39 is 6.04 Å². The third-order valence-corrected chi connectivity index (χ3v) is 5.86. The van der Waals surface area contributed by atoms with Crippen LogP contribution >= 0.6 is 0 Å². The number of benzene rings is 2. The molecule has 0 bridgehead atoms. The van der Waals surface area contributed by atoms with Crippen LogP contribution in [0.3, 0.4) is 0 Å². The molecule has 2 aromatic rings. The van der Waals surface area contributed by atoms with Gasteiger partial charge < -0.3 is 9.64 Å². The molecule has 1 N–H and O–H groups in total. The van der Waals surface area contributed by atoms with Crippen molar-refractivity contribution in [2.45, 2.75) is 38.6 Å². The number of carbonyl (C=O) groups is 1. The number of carbonyl (C=O) groups excluding carboxylic acids is 1. The highest BCUT2D eigenvalue weighted by molar-refractivity contribution is 6.09. The van der Waals surface area contributed by atoms with Crippen molar-refractivity contribution in [3.63, 3.8) is 0 Å². The summed E-state index contributed by atoms with van der Waals surface area (Å²) in [6, 6.07) is 10.4. The van der Waals surface area contributed by atoms with Crippen LogP contribution in [0.1, 0.15) is 38.2 Å². The molecule has 0 saturated heterocycles. The molecule has 0 spiro atoms. The summed E-state index contributed by atoms with van der Waals surface area (Å²) in [5.41, 5.74) is 6.95. The Kier molecular flexibility index (Phi) is 4.34. The lowest BCUT2D eigenvalue weighted by atomic mass is 9.87. The van der Waals surface area contributed by atoms with Gasteiger partial charge in [-0.05, 0) is 67.5 Å². The van der Waals surface area contributed by atoms with Gasteiger partial charge in [0.05, 0.1) is 5.69 Å². The quantitative estimate of drug-likeness (QED) is 0.821. The Bertz CT molecular complexity index is 1060. The molecule has 1 aliphatic carbocycles. The number of nitrogens with one attached hydrogen (secondary N) is 1. The van der Waals surface area contributed by atoms with Crippen LogP contribution in [0.5, 0.6) is 5.75 Å². The number of amidine groups is 1. The summed E-state index contributed by atoms with van der Waals surface area (Å²) in [5.74, 6) is 0.905. The molecule has 29 heavy (non-hydrogen) atoms. The van der Waals surface area contributed by atoms with Crippen molar-refractivity contribution in [3.05, 3.63) is 53.9 Å². The first-order valence-electron chi connectivity index (χ1n) is 10.0. The fourth-order valence-corrected chi connectivity index (χ4v) is 4.32. The van der Waals surface area contributed by atoms with E-state index in [0.717, 1.165) is 36.1 Å². The van der Waals surface area contributed by atoms with Gasteiger partial charge in [0, 0.05) is 5.56 Å². The SMILES string of the molecule is C[C@@H]1C(=O)NN=C2COc3cc(-c4ccccc4F)c(C4=CCCCC4)cc3N21. The van der Waals surface area contributed by atoms with E-state index in [1.54, 1.807) is 12.1 Å². The molecule has 0 fully saturated rings. The second kappa shape index (κ2) is 7.03. The van der Waals surface area contributed by atoms with Crippen LogP contribution in [-0.2, 0) is 4.79 Å². The van der Waals surface area contributed by atoms with Gasteiger partial charge in [-0.3, -0.25) is 4.79 Å². The number of nitrogens with zero attached hydrogens (tertiary/aromatic N) is 2. The summed E-state index contributed by atoms with van der Waals surface area (Å²) in [4.78, 5) is 14.1. The van der Waals surface area contributed by atoms with E-state index in [2.05, 4.69) is 16.6 Å². The van der Waals surface area contributed by atoms with Crippen LogP contribution in [0, 0.1) is 5.82 Å². The smallest absolute Gasteiger partial charge is 0.262 e. The van der Waals surface area contributed by atoms with Crippen LogP contribution in [0.25, 0.3) is 16.7 Å². The molecule has 5 nitrogen and oxygen atoms in total. The van der Waals surface area contributed by atoms with E-state index in [0.29, 0.717) is 17.1 Å². The molecule has 0 aromatic heterocycles. The van der Waals surface area contributed by atoms with Crippen molar-refractivity contribution >= 4 is 23.0 Å². The summed E-state index contributed by atoms with van der Waals surface area (Å²) in [5, 5.41) is 4.16. The molecule has 6 heteroatoms. The second-order valence-electron chi connectivity index (χ2n) is 7.66. The van der Waals surface area contributed by atoms with E-state index in [1.165, 1.54) is 18.1 Å². The Morgan fingerprint density at radius 3 is 2.83 bits per heavy atom. The lowest BCUT2D eigenvalue weighted by molar-refractivity contribution is -0.122. The summed E-state index contributed by atoms with van der Waals surface area (Å²) in [6.07, 6.45) is 6.52. The van der Waals surface area contributed by atoms with Crippen LogP contribution in [0.2, 0.25) is 0 Å². The van der Waals surface area contributed by atoms with Gasteiger partial charge in [0.2, 0.25) is 0 Å². The number of halogens is 1. The minimum atomic E-state index is -0.391. The zero-order valence-corrected chi connectivity index (χ0v) is 16.2. The number of hydrogen-bond acceptors (Lipinski definition) is 4. The molecule has 0 unspecified atom stereocenters. The predicted molar refractivity (Wildman–Crippen MR) is 111 cm³/mol. The molecule has 1 amide bonds. The van der Waals surface area contributed by atoms with Crippen molar-refractivity contribution < 1.29 is 13.9 Å². The summed E-state index contributed by atoms with van der Waals surface area (Å²) in [7, 11) is 0. The van der Waals surface area contributed by atoms with Crippen LogP contribution in [-0.4, -0.2) is 24.4 Å². The Morgan fingerprint density at radius 1 is 1.17 bits per heavy atom. The van der Waals surface area contributed by atoms with Crippen molar-refractivity contribution in [1.82, 2.24) is 5.43 Å². The number of anilines is 1. The molecule has 1 atom stereocenters. The maximum absolute atomic E-state index is 14.7. The number of ether oxygens (including phenoxy) is 1. The molecule has 148 valence electrons. The number of amides is 1. The maximum atomic E-state index is 14.7. The lowest BCUT2D eigenvalue weighted by Gasteiger charge is -2.38. The Hall–Kier alpha value is -3.15. The lowest BCUT2D eigenvalue weighted by Crippen LogP contribution is -2.55. The topological polar surface area (TPSA) is 53.9 Å². The Balaban J connectivity index is 1.73. The highest BCUT2D eigenvalue weighted by Gasteiger charge is 2.36. The zero-order valence-electron chi connectivity index (χ0n) is 16.2. The summed E-state index contributed by atoms with van der Waals surface area (Å²) in [6.45, 7) is 2.11. The number of hydrazone groups is 1. The second-order valence-corrected chi connectivity index (χ2v) is 7.66. The minimum Gasteiger partial charge on any atom is -0.483 e. The largest absolute Gasteiger partial charge is 0.483 e. The van der Waals surface area contributed by atoms with Gasteiger partial charge in [0.15, 0.2) is 5.84 Å². The van der Waals surface area contributed by atoms with Crippen molar-refractivity contribution in [2.75, 3.05) is 11.5 Å². The zero-order chi connectivity index (χ0) is 20.0. The monoisotopic (exact) mass is 391 g/mol. The van der Waals surface area contributed by atoms with Gasteiger partial charge in [-0.1, -0.05) is 24.3 Å². The number of hydrogen-bond donors (Lipinski definition) is 1. The van der Waals surface area contributed by atoms with Crippen LogP contribution in [0.4, 0.5) is 10.1 Å².